The summed E-state index contributed by atoms with van der Waals surface area (Å²) in [4.78, 5) is 28.0. The molecule has 1 atom stereocenters. The quantitative estimate of drug-likeness (QED) is 0.569. The molecule has 1 aliphatic heterocycles. The normalized spacial score (nSPS) is 15.0. The van der Waals surface area contributed by atoms with E-state index in [0.717, 1.165) is 17.7 Å². The van der Waals surface area contributed by atoms with Crippen LogP contribution < -0.4 is 10.2 Å². The van der Waals surface area contributed by atoms with Gasteiger partial charge in [-0.3, -0.25) is 10.1 Å². The summed E-state index contributed by atoms with van der Waals surface area (Å²) < 4.78 is 5.35. The van der Waals surface area contributed by atoms with Gasteiger partial charge in [-0.15, -0.1) is 11.3 Å². The van der Waals surface area contributed by atoms with Crippen LogP contribution >= 0.6 is 22.9 Å². The molecular formula is C22H24ClN5O2S. The second-order valence-corrected chi connectivity index (χ2v) is 8.65. The fourth-order valence-corrected chi connectivity index (χ4v) is 4.16. The average molecular weight is 458 g/mol. The maximum Gasteiger partial charge on any atom is 0.277 e. The second kappa shape index (κ2) is 9.72. The Labute approximate surface area is 190 Å². The molecule has 0 aliphatic carbocycles. The Morgan fingerprint density at radius 2 is 2.00 bits per heavy atom. The number of ether oxygens (including phenoxy) is 1. The van der Waals surface area contributed by atoms with Crippen molar-refractivity contribution in [2.75, 3.05) is 36.5 Å². The maximum absolute atomic E-state index is 12.8. The molecular weight excluding hydrogens is 434 g/mol. The SMILES string of the molecule is CC[C@@H](C)c1ccc(-c2csc(NC(=O)c3nc(N4CCOCC4)ncc3Cl)n2)cc1. The molecule has 3 heterocycles. The molecule has 0 bridgehead atoms. The summed E-state index contributed by atoms with van der Waals surface area (Å²) in [6, 6.07) is 8.40. The summed E-state index contributed by atoms with van der Waals surface area (Å²) in [6.45, 7) is 6.96. The largest absolute Gasteiger partial charge is 0.378 e. The van der Waals surface area contributed by atoms with Crippen LogP contribution in [0.1, 0.15) is 42.2 Å². The first-order valence-corrected chi connectivity index (χ1v) is 11.5. The first-order valence-electron chi connectivity index (χ1n) is 10.3. The number of halogens is 1. The van der Waals surface area contributed by atoms with Crippen LogP contribution in [0.4, 0.5) is 11.1 Å². The van der Waals surface area contributed by atoms with E-state index in [4.69, 9.17) is 16.3 Å². The van der Waals surface area contributed by atoms with Gasteiger partial charge in [0, 0.05) is 24.0 Å². The van der Waals surface area contributed by atoms with Gasteiger partial charge in [0.2, 0.25) is 5.95 Å². The van der Waals surface area contributed by atoms with Crippen LogP contribution in [0.15, 0.2) is 35.8 Å². The molecule has 0 radical (unpaired) electrons. The van der Waals surface area contributed by atoms with Crippen LogP contribution in [0.3, 0.4) is 0 Å². The van der Waals surface area contributed by atoms with E-state index in [2.05, 4.69) is 58.4 Å². The van der Waals surface area contributed by atoms with E-state index in [0.29, 0.717) is 43.3 Å². The number of amides is 1. The van der Waals surface area contributed by atoms with Gasteiger partial charge in [-0.25, -0.2) is 15.0 Å². The van der Waals surface area contributed by atoms with Crippen molar-refractivity contribution in [3.05, 3.63) is 52.1 Å². The minimum absolute atomic E-state index is 0.132. The lowest BCUT2D eigenvalue weighted by atomic mass is 9.97. The van der Waals surface area contributed by atoms with Gasteiger partial charge in [-0.05, 0) is 17.9 Å². The minimum atomic E-state index is -0.407. The van der Waals surface area contributed by atoms with Gasteiger partial charge in [0.15, 0.2) is 10.8 Å². The van der Waals surface area contributed by atoms with Gasteiger partial charge >= 0.3 is 0 Å². The molecule has 3 aromatic rings. The van der Waals surface area contributed by atoms with Crippen molar-refractivity contribution >= 4 is 39.9 Å². The number of benzene rings is 1. The number of carbonyl (C=O) groups excluding carboxylic acids is 1. The smallest absolute Gasteiger partial charge is 0.277 e. The third-order valence-corrected chi connectivity index (χ3v) is 6.39. The predicted octanol–water partition coefficient (Wildman–Crippen LogP) is 4.86. The summed E-state index contributed by atoms with van der Waals surface area (Å²) >= 11 is 7.57. The number of hydrogen-bond acceptors (Lipinski definition) is 7. The second-order valence-electron chi connectivity index (χ2n) is 7.39. The third-order valence-electron chi connectivity index (χ3n) is 5.35. The lowest BCUT2D eigenvalue weighted by molar-refractivity contribution is 0.102. The molecule has 2 aromatic heterocycles. The van der Waals surface area contributed by atoms with Gasteiger partial charge in [0.05, 0.1) is 30.1 Å². The van der Waals surface area contributed by atoms with Crippen molar-refractivity contribution in [2.24, 2.45) is 0 Å². The van der Waals surface area contributed by atoms with E-state index in [9.17, 15) is 4.79 Å². The van der Waals surface area contributed by atoms with Crippen LogP contribution in [0.2, 0.25) is 5.02 Å². The fraction of sp³-hybridized carbons (Fsp3) is 0.364. The van der Waals surface area contributed by atoms with Crippen molar-refractivity contribution in [1.82, 2.24) is 15.0 Å². The fourth-order valence-electron chi connectivity index (χ4n) is 3.27. The van der Waals surface area contributed by atoms with Crippen LogP contribution in [-0.4, -0.2) is 47.2 Å². The van der Waals surface area contributed by atoms with E-state index >= 15 is 0 Å². The molecule has 0 saturated carbocycles. The zero-order chi connectivity index (χ0) is 21.8. The van der Waals surface area contributed by atoms with Crippen molar-refractivity contribution in [3.8, 4) is 11.3 Å². The van der Waals surface area contributed by atoms with E-state index in [1.54, 1.807) is 0 Å². The van der Waals surface area contributed by atoms with Gasteiger partial charge in [0.1, 0.15) is 0 Å². The van der Waals surface area contributed by atoms with Crippen molar-refractivity contribution in [3.63, 3.8) is 0 Å². The van der Waals surface area contributed by atoms with Crippen molar-refractivity contribution < 1.29 is 9.53 Å². The number of hydrogen-bond donors (Lipinski definition) is 1. The predicted molar refractivity (Wildman–Crippen MR) is 124 cm³/mol. The highest BCUT2D eigenvalue weighted by molar-refractivity contribution is 7.14. The lowest BCUT2D eigenvalue weighted by Crippen LogP contribution is -2.37. The number of carbonyl (C=O) groups is 1. The van der Waals surface area contributed by atoms with Crippen molar-refractivity contribution in [1.29, 1.82) is 0 Å². The Morgan fingerprint density at radius 1 is 1.26 bits per heavy atom. The molecule has 162 valence electrons. The monoisotopic (exact) mass is 457 g/mol. The number of aromatic nitrogens is 3. The van der Waals surface area contributed by atoms with E-state index in [-0.39, 0.29) is 10.7 Å². The molecule has 1 saturated heterocycles. The Bertz CT molecular complexity index is 1050. The molecule has 1 fully saturated rings. The van der Waals surface area contributed by atoms with Crippen LogP contribution in [0.25, 0.3) is 11.3 Å². The molecule has 0 unspecified atom stereocenters. The maximum atomic E-state index is 12.8. The van der Waals surface area contributed by atoms with Gasteiger partial charge in [-0.2, -0.15) is 0 Å². The van der Waals surface area contributed by atoms with Gasteiger partial charge in [-0.1, -0.05) is 49.7 Å². The number of thiazole rings is 1. The first-order chi connectivity index (χ1) is 15.0. The zero-order valence-corrected chi connectivity index (χ0v) is 19.0. The minimum Gasteiger partial charge on any atom is -0.378 e. The van der Waals surface area contributed by atoms with Crippen LogP contribution in [0.5, 0.6) is 0 Å². The highest BCUT2D eigenvalue weighted by Gasteiger charge is 2.20. The number of morpholine rings is 1. The number of nitrogens with zero attached hydrogens (tertiary/aromatic N) is 4. The Hall–Kier alpha value is -2.55. The molecule has 1 N–H and O–H groups in total. The van der Waals surface area contributed by atoms with Crippen molar-refractivity contribution in [2.45, 2.75) is 26.2 Å². The van der Waals surface area contributed by atoms with Crippen LogP contribution in [0, 0.1) is 0 Å². The Balaban J connectivity index is 1.48. The average Bonchev–Trinajstić information content (AvgIpc) is 3.28. The number of nitrogens with one attached hydrogen (secondary N) is 1. The van der Waals surface area contributed by atoms with Gasteiger partial charge < -0.3 is 9.64 Å². The third kappa shape index (κ3) is 5.03. The number of rotatable bonds is 6. The summed E-state index contributed by atoms with van der Waals surface area (Å²) in [6.07, 6.45) is 2.56. The van der Waals surface area contributed by atoms with E-state index in [1.165, 1.54) is 23.1 Å². The molecule has 0 spiro atoms. The van der Waals surface area contributed by atoms with E-state index in [1.807, 2.05) is 10.3 Å². The summed E-state index contributed by atoms with van der Waals surface area (Å²) in [5.41, 5.74) is 3.27. The van der Waals surface area contributed by atoms with E-state index < -0.39 is 5.91 Å². The summed E-state index contributed by atoms with van der Waals surface area (Å²) in [7, 11) is 0. The molecule has 1 aromatic carbocycles. The molecule has 1 aliphatic rings. The standard InChI is InChI=1S/C22H24ClN5O2S/c1-3-14(2)15-4-6-16(7-5-15)18-13-31-22(25-18)27-20(29)19-17(23)12-24-21(26-19)28-8-10-30-11-9-28/h4-7,12-14H,3,8-11H2,1-2H3,(H,25,27,29)/t14-/m1/s1. The Morgan fingerprint density at radius 3 is 2.71 bits per heavy atom. The highest BCUT2D eigenvalue weighted by Crippen LogP contribution is 2.28. The summed E-state index contributed by atoms with van der Waals surface area (Å²) in [5, 5.41) is 5.43. The Kier molecular flexibility index (Phi) is 6.80. The lowest BCUT2D eigenvalue weighted by Gasteiger charge is -2.26. The topological polar surface area (TPSA) is 80.2 Å². The molecule has 31 heavy (non-hydrogen) atoms. The molecule has 9 heteroatoms. The molecule has 1 amide bonds. The number of anilines is 2. The molecule has 7 nitrogen and oxygen atoms in total. The first kappa shape index (κ1) is 21.7. The van der Waals surface area contributed by atoms with Crippen LogP contribution in [-0.2, 0) is 4.74 Å². The highest BCUT2D eigenvalue weighted by atomic mass is 35.5. The molecule has 4 rings (SSSR count). The summed E-state index contributed by atoms with van der Waals surface area (Å²) in [5.74, 6) is 0.591. The zero-order valence-electron chi connectivity index (χ0n) is 17.5. The van der Waals surface area contributed by atoms with Gasteiger partial charge in [0.25, 0.3) is 5.91 Å².